The van der Waals surface area contributed by atoms with Crippen molar-refractivity contribution in [3.8, 4) is 22.3 Å². The second-order valence-corrected chi connectivity index (χ2v) is 8.87. The van der Waals surface area contributed by atoms with Gasteiger partial charge in [-0.1, -0.05) is 35.9 Å². The smallest absolute Gasteiger partial charge is 0.355 e. The summed E-state index contributed by atoms with van der Waals surface area (Å²) in [5.74, 6) is -0.412. The van der Waals surface area contributed by atoms with Crippen molar-refractivity contribution in [1.82, 2.24) is 4.57 Å². The third-order valence-corrected chi connectivity index (χ3v) is 6.33. The van der Waals surface area contributed by atoms with Gasteiger partial charge in [0.1, 0.15) is 5.69 Å². The lowest BCUT2D eigenvalue weighted by atomic mass is 9.94. The van der Waals surface area contributed by atoms with Crippen LogP contribution in [0.1, 0.15) is 22.6 Å². The summed E-state index contributed by atoms with van der Waals surface area (Å²) in [5, 5.41) is 5.82. The molecule has 0 amide bonds. The van der Waals surface area contributed by atoms with Crippen molar-refractivity contribution in [1.29, 1.82) is 0 Å². The number of halogens is 1. The molecule has 3 aromatic rings. The summed E-state index contributed by atoms with van der Waals surface area (Å²) < 4.78 is 30.3. The van der Waals surface area contributed by atoms with Gasteiger partial charge >= 0.3 is 5.97 Å². The molecule has 1 aromatic heterocycles. The maximum absolute atomic E-state index is 12.7. The summed E-state index contributed by atoms with van der Waals surface area (Å²) in [6.45, 7) is 0.718. The number of rotatable bonds is 4. The average Bonchev–Trinajstić information content (AvgIpc) is 3.27. The normalized spacial score (nSPS) is 13.3. The SMILES string of the molecule is COC(=O)c1c(-c2ccc(Cl)cc2)c(-c2ccc(S(N)(=O)=O)cc2)c2n1CCC2. The van der Waals surface area contributed by atoms with Gasteiger partial charge in [0.25, 0.3) is 0 Å². The van der Waals surface area contributed by atoms with E-state index in [4.69, 9.17) is 21.5 Å². The molecule has 4 rings (SSSR count). The molecule has 1 aliphatic heterocycles. The predicted octanol–water partition coefficient (Wildman–Crippen LogP) is 3.86. The summed E-state index contributed by atoms with van der Waals surface area (Å²) in [6, 6.07) is 13.7. The molecule has 0 bridgehead atoms. The summed E-state index contributed by atoms with van der Waals surface area (Å²) in [4.78, 5) is 12.7. The number of hydrogen-bond donors (Lipinski definition) is 1. The van der Waals surface area contributed by atoms with E-state index in [1.165, 1.54) is 19.2 Å². The Morgan fingerprint density at radius 2 is 1.62 bits per heavy atom. The third-order valence-electron chi connectivity index (χ3n) is 5.15. The molecule has 0 fully saturated rings. The summed E-state index contributed by atoms with van der Waals surface area (Å²) >= 11 is 6.06. The zero-order valence-electron chi connectivity index (χ0n) is 15.7. The molecule has 0 atom stereocenters. The Morgan fingerprint density at radius 1 is 1.03 bits per heavy atom. The van der Waals surface area contributed by atoms with Gasteiger partial charge in [-0.3, -0.25) is 0 Å². The van der Waals surface area contributed by atoms with E-state index in [0.717, 1.165) is 47.3 Å². The highest BCUT2D eigenvalue weighted by molar-refractivity contribution is 7.89. The van der Waals surface area contributed by atoms with E-state index in [1.807, 2.05) is 16.7 Å². The van der Waals surface area contributed by atoms with Crippen LogP contribution in [0.5, 0.6) is 0 Å². The predicted molar refractivity (Wildman–Crippen MR) is 111 cm³/mol. The Hall–Kier alpha value is -2.61. The van der Waals surface area contributed by atoms with Gasteiger partial charge in [-0.05, 0) is 48.2 Å². The fourth-order valence-electron chi connectivity index (χ4n) is 3.91. The first-order valence-electron chi connectivity index (χ1n) is 9.04. The van der Waals surface area contributed by atoms with Crippen LogP contribution in [0, 0.1) is 0 Å². The minimum Gasteiger partial charge on any atom is -0.464 e. The molecule has 150 valence electrons. The van der Waals surface area contributed by atoms with Crippen molar-refractivity contribution in [3.63, 3.8) is 0 Å². The van der Waals surface area contributed by atoms with Gasteiger partial charge in [0.2, 0.25) is 10.0 Å². The molecule has 0 saturated heterocycles. The van der Waals surface area contributed by atoms with Gasteiger partial charge in [-0.15, -0.1) is 0 Å². The number of methoxy groups -OCH3 is 1. The second kappa shape index (κ2) is 7.33. The minimum atomic E-state index is -3.79. The fourth-order valence-corrected chi connectivity index (χ4v) is 4.55. The Morgan fingerprint density at radius 3 is 2.21 bits per heavy atom. The highest BCUT2D eigenvalue weighted by Crippen LogP contribution is 2.43. The van der Waals surface area contributed by atoms with Crippen LogP contribution in [0.15, 0.2) is 53.4 Å². The number of carbonyl (C=O) groups excluding carboxylic acids is 1. The maximum atomic E-state index is 12.7. The first-order chi connectivity index (χ1) is 13.8. The third kappa shape index (κ3) is 3.46. The van der Waals surface area contributed by atoms with Crippen LogP contribution >= 0.6 is 11.6 Å². The lowest BCUT2D eigenvalue weighted by molar-refractivity contribution is 0.0589. The minimum absolute atomic E-state index is 0.0401. The first kappa shape index (κ1) is 19.7. The number of aromatic nitrogens is 1. The Labute approximate surface area is 173 Å². The molecule has 8 heteroatoms. The van der Waals surface area contributed by atoms with Crippen molar-refractivity contribution in [2.24, 2.45) is 5.14 Å². The standard InChI is InChI=1S/C21H19ClN2O4S/c1-28-21(25)20-19(14-4-8-15(22)9-5-14)18(17-3-2-12-24(17)20)13-6-10-16(11-7-13)29(23,26)27/h4-11H,2-3,12H2,1H3,(H2,23,26,27). The summed E-state index contributed by atoms with van der Waals surface area (Å²) in [6.07, 6.45) is 1.73. The van der Waals surface area contributed by atoms with Crippen molar-refractivity contribution in [2.75, 3.05) is 7.11 Å². The molecule has 1 aliphatic rings. The molecule has 0 unspecified atom stereocenters. The van der Waals surface area contributed by atoms with E-state index >= 15 is 0 Å². The van der Waals surface area contributed by atoms with E-state index < -0.39 is 16.0 Å². The van der Waals surface area contributed by atoms with Crippen LogP contribution in [0.4, 0.5) is 0 Å². The van der Waals surface area contributed by atoms with Crippen LogP contribution in [0.25, 0.3) is 22.3 Å². The maximum Gasteiger partial charge on any atom is 0.355 e. The molecule has 2 N–H and O–H groups in total. The highest BCUT2D eigenvalue weighted by atomic mass is 35.5. The van der Waals surface area contributed by atoms with Gasteiger partial charge in [-0.25, -0.2) is 18.4 Å². The van der Waals surface area contributed by atoms with Crippen LogP contribution in [0.2, 0.25) is 5.02 Å². The molecule has 0 aliphatic carbocycles. The number of primary sulfonamides is 1. The molecule has 0 radical (unpaired) electrons. The monoisotopic (exact) mass is 430 g/mol. The van der Waals surface area contributed by atoms with Crippen LogP contribution < -0.4 is 5.14 Å². The number of esters is 1. The largest absolute Gasteiger partial charge is 0.464 e. The Kier molecular flexibility index (Phi) is 4.98. The molecular weight excluding hydrogens is 412 g/mol. The number of nitrogens with zero attached hydrogens (tertiary/aromatic N) is 1. The van der Waals surface area contributed by atoms with Crippen molar-refractivity contribution < 1.29 is 17.9 Å². The zero-order chi connectivity index (χ0) is 20.8. The van der Waals surface area contributed by atoms with Crippen LogP contribution in [-0.2, 0) is 27.7 Å². The van der Waals surface area contributed by atoms with E-state index in [9.17, 15) is 13.2 Å². The van der Waals surface area contributed by atoms with Gasteiger partial charge in [0.05, 0.1) is 12.0 Å². The Bertz CT molecular complexity index is 1200. The number of hydrogen-bond acceptors (Lipinski definition) is 4. The number of benzene rings is 2. The number of nitrogens with two attached hydrogens (primary N) is 1. The fraction of sp³-hybridized carbons (Fsp3) is 0.190. The van der Waals surface area contributed by atoms with E-state index in [1.54, 1.807) is 24.3 Å². The summed E-state index contributed by atoms with van der Waals surface area (Å²) in [5.41, 5.74) is 4.81. The van der Waals surface area contributed by atoms with E-state index in [2.05, 4.69) is 0 Å². The molecule has 29 heavy (non-hydrogen) atoms. The number of sulfonamides is 1. The molecule has 6 nitrogen and oxygen atoms in total. The van der Waals surface area contributed by atoms with Crippen molar-refractivity contribution in [3.05, 3.63) is 64.9 Å². The van der Waals surface area contributed by atoms with Gasteiger partial charge in [0.15, 0.2) is 0 Å². The van der Waals surface area contributed by atoms with Gasteiger partial charge in [0, 0.05) is 28.4 Å². The number of fused-ring (bicyclic) bond motifs is 1. The van der Waals surface area contributed by atoms with Gasteiger partial charge < -0.3 is 9.30 Å². The lowest BCUT2D eigenvalue weighted by Gasteiger charge is -2.10. The molecule has 2 heterocycles. The lowest BCUT2D eigenvalue weighted by Crippen LogP contribution is -2.11. The highest BCUT2D eigenvalue weighted by Gasteiger charge is 2.31. The summed E-state index contributed by atoms with van der Waals surface area (Å²) in [7, 11) is -2.42. The second-order valence-electron chi connectivity index (χ2n) is 6.87. The van der Waals surface area contributed by atoms with E-state index in [-0.39, 0.29) is 4.90 Å². The topological polar surface area (TPSA) is 91.4 Å². The molecular formula is C21H19ClN2O4S. The number of ether oxygens (including phenoxy) is 1. The van der Waals surface area contributed by atoms with Crippen LogP contribution in [0.3, 0.4) is 0 Å². The van der Waals surface area contributed by atoms with E-state index in [0.29, 0.717) is 10.7 Å². The van der Waals surface area contributed by atoms with Gasteiger partial charge in [-0.2, -0.15) is 0 Å². The number of carbonyl (C=O) groups is 1. The first-order valence-corrected chi connectivity index (χ1v) is 11.0. The van der Waals surface area contributed by atoms with Crippen molar-refractivity contribution in [2.45, 2.75) is 24.3 Å². The molecule has 0 spiro atoms. The van der Waals surface area contributed by atoms with Crippen molar-refractivity contribution >= 4 is 27.6 Å². The molecule has 0 saturated carbocycles. The average molecular weight is 431 g/mol. The zero-order valence-corrected chi connectivity index (χ0v) is 17.3. The Balaban J connectivity index is 2.00. The quantitative estimate of drug-likeness (QED) is 0.636. The molecule has 2 aromatic carbocycles. The van der Waals surface area contributed by atoms with Crippen LogP contribution in [-0.4, -0.2) is 26.1 Å².